The van der Waals surface area contributed by atoms with Crippen LogP contribution in [0.4, 0.5) is 4.39 Å². The van der Waals surface area contributed by atoms with Gasteiger partial charge in [0.15, 0.2) is 5.96 Å². The summed E-state index contributed by atoms with van der Waals surface area (Å²) in [6.45, 7) is 6.13. The molecule has 0 spiro atoms. The number of nitrogens with zero attached hydrogens (tertiary/aromatic N) is 3. The highest BCUT2D eigenvalue weighted by Gasteiger charge is 2.08. The number of hydrogen-bond acceptors (Lipinski definition) is 3. The molecule has 1 N–H and O–H groups in total. The van der Waals surface area contributed by atoms with Crippen molar-refractivity contribution in [3.8, 4) is 0 Å². The highest BCUT2D eigenvalue weighted by molar-refractivity contribution is 7.09. The number of halogens is 1. The molecular formula is C16H21FN4S. The Morgan fingerprint density at radius 3 is 2.68 bits per heavy atom. The van der Waals surface area contributed by atoms with E-state index in [0.717, 1.165) is 23.8 Å². The van der Waals surface area contributed by atoms with Gasteiger partial charge < -0.3 is 10.2 Å². The highest BCUT2D eigenvalue weighted by atomic mass is 32.1. The van der Waals surface area contributed by atoms with Crippen molar-refractivity contribution < 1.29 is 4.39 Å². The second-order valence-corrected chi connectivity index (χ2v) is 5.95. The smallest absolute Gasteiger partial charge is 0.194 e. The summed E-state index contributed by atoms with van der Waals surface area (Å²) in [7, 11) is 1.98. The van der Waals surface area contributed by atoms with Crippen LogP contribution in [0.5, 0.6) is 0 Å². The average Bonchev–Trinajstić information content (AvgIpc) is 2.91. The Balaban J connectivity index is 2.05. The lowest BCUT2D eigenvalue weighted by atomic mass is 10.2. The Bertz CT molecular complexity index is 621. The van der Waals surface area contributed by atoms with Gasteiger partial charge in [0.1, 0.15) is 5.82 Å². The molecule has 2 rings (SSSR count). The van der Waals surface area contributed by atoms with Crippen molar-refractivity contribution in [1.29, 1.82) is 0 Å². The third-order valence-electron chi connectivity index (χ3n) is 3.25. The maximum atomic E-state index is 13.0. The summed E-state index contributed by atoms with van der Waals surface area (Å²) < 4.78 is 13.0. The number of thiazole rings is 1. The first-order chi connectivity index (χ1) is 10.6. The molecule has 0 unspecified atom stereocenters. The van der Waals surface area contributed by atoms with Gasteiger partial charge in [-0.05, 0) is 31.5 Å². The number of aliphatic imine (C=N–C) groups is 1. The summed E-state index contributed by atoms with van der Waals surface area (Å²) in [4.78, 5) is 12.1. The van der Waals surface area contributed by atoms with Crippen molar-refractivity contribution >= 4 is 17.3 Å². The van der Waals surface area contributed by atoms with Crippen molar-refractivity contribution in [1.82, 2.24) is 15.2 Å². The molecule has 0 atom stereocenters. The standard InChI is InChI=1S/C16H21FN4S/c1-4-18-16(19-9-15-12(2)20-11-22-15)21(3)10-13-5-7-14(17)8-6-13/h5-8,11H,4,9-10H2,1-3H3,(H,18,19). The average molecular weight is 320 g/mol. The van der Waals surface area contributed by atoms with Gasteiger partial charge in [0, 0.05) is 25.0 Å². The first-order valence-electron chi connectivity index (χ1n) is 7.23. The third-order valence-corrected chi connectivity index (χ3v) is 4.17. The fourth-order valence-electron chi connectivity index (χ4n) is 2.03. The van der Waals surface area contributed by atoms with Gasteiger partial charge in [-0.1, -0.05) is 12.1 Å². The molecule has 0 aliphatic carbocycles. The molecule has 0 radical (unpaired) electrons. The van der Waals surface area contributed by atoms with Crippen molar-refractivity contribution in [2.45, 2.75) is 26.9 Å². The third kappa shape index (κ3) is 4.53. The zero-order valence-corrected chi connectivity index (χ0v) is 14.0. The van der Waals surface area contributed by atoms with E-state index in [9.17, 15) is 4.39 Å². The lowest BCUT2D eigenvalue weighted by Crippen LogP contribution is -2.38. The summed E-state index contributed by atoms with van der Waals surface area (Å²) in [5, 5.41) is 3.28. The topological polar surface area (TPSA) is 40.5 Å². The maximum absolute atomic E-state index is 13.0. The predicted molar refractivity (Wildman–Crippen MR) is 89.5 cm³/mol. The Hall–Kier alpha value is -1.95. The van der Waals surface area contributed by atoms with E-state index in [1.54, 1.807) is 23.5 Å². The number of aromatic nitrogens is 1. The normalized spacial score (nSPS) is 11.5. The molecule has 1 aromatic heterocycles. The molecule has 4 nitrogen and oxygen atoms in total. The van der Waals surface area contributed by atoms with Gasteiger partial charge in [-0.15, -0.1) is 11.3 Å². The van der Waals surface area contributed by atoms with Crippen LogP contribution in [0.1, 0.15) is 23.1 Å². The van der Waals surface area contributed by atoms with Crippen LogP contribution in [0, 0.1) is 12.7 Å². The lowest BCUT2D eigenvalue weighted by Gasteiger charge is -2.22. The first kappa shape index (κ1) is 16.4. The largest absolute Gasteiger partial charge is 0.357 e. The van der Waals surface area contributed by atoms with Crippen LogP contribution in [0.3, 0.4) is 0 Å². The van der Waals surface area contributed by atoms with Crippen molar-refractivity contribution in [2.24, 2.45) is 4.99 Å². The molecule has 1 aromatic carbocycles. The molecule has 0 saturated heterocycles. The molecular weight excluding hydrogens is 299 g/mol. The molecule has 0 saturated carbocycles. The minimum atomic E-state index is -0.215. The van der Waals surface area contributed by atoms with E-state index in [1.165, 1.54) is 17.0 Å². The van der Waals surface area contributed by atoms with E-state index in [0.29, 0.717) is 13.1 Å². The van der Waals surface area contributed by atoms with Gasteiger partial charge in [0.05, 0.1) is 17.7 Å². The van der Waals surface area contributed by atoms with Crippen LogP contribution in [-0.4, -0.2) is 29.4 Å². The molecule has 0 amide bonds. The van der Waals surface area contributed by atoms with Crippen molar-refractivity contribution in [2.75, 3.05) is 13.6 Å². The van der Waals surface area contributed by atoms with E-state index in [2.05, 4.69) is 15.3 Å². The molecule has 1 heterocycles. The summed E-state index contributed by atoms with van der Waals surface area (Å²) in [6, 6.07) is 6.55. The van der Waals surface area contributed by atoms with E-state index < -0.39 is 0 Å². The first-order valence-corrected chi connectivity index (χ1v) is 8.11. The van der Waals surface area contributed by atoms with E-state index in [1.807, 2.05) is 31.3 Å². The Labute approximate surface area is 134 Å². The van der Waals surface area contributed by atoms with Crippen LogP contribution in [-0.2, 0) is 13.1 Å². The molecule has 0 aliphatic heterocycles. The van der Waals surface area contributed by atoms with E-state index >= 15 is 0 Å². The molecule has 2 aromatic rings. The monoisotopic (exact) mass is 320 g/mol. The number of aryl methyl sites for hydroxylation is 1. The molecule has 0 bridgehead atoms. The predicted octanol–water partition coefficient (Wildman–Crippen LogP) is 3.19. The number of guanidine groups is 1. The minimum Gasteiger partial charge on any atom is -0.357 e. The molecule has 6 heteroatoms. The van der Waals surface area contributed by atoms with Gasteiger partial charge in [0.2, 0.25) is 0 Å². The summed E-state index contributed by atoms with van der Waals surface area (Å²) >= 11 is 1.62. The Morgan fingerprint density at radius 2 is 2.09 bits per heavy atom. The number of nitrogens with one attached hydrogen (secondary N) is 1. The fraction of sp³-hybridized carbons (Fsp3) is 0.375. The summed E-state index contributed by atoms with van der Waals surface area (Å²) in [5.74, 6) is 0.618. The zero-order chi connectivity index (χ0) is 15.9. The number of benzene rings is 1. The van der Waals surface area contributed by atoms with Crippen molar-refractivity contribution in [3.05, 3.63) is 51.7 Å². The lowest BCUT2D eigenvalue weighted by molar-refractivity contribution is 0.476. The van der Waals surface area contributed by atoms with Crippen LogP contribution >= 0.6 is 11.3 Å². The minimum absolute atomic E-state index is 0.215. The number of rotatable bonds is 5. The number of hydrogen-bond donors (Lipinski definition) is 1. The molecule has 0 aliphatic rings. The van der Waals surface area contributed by atoms with Gasteiger partial charge in [0.25, 0.3) is 0 Å². The van der Waals surface area contributed by atoms with Crippen LogP contribution in [0.25, 0.3) is 0 Å². The van der Waals surface area contributed by atoms with E-state index in [-0.39, 0.29) is 5.82 Å². The maximum Gasteiger partial charge on any atom is 0.194 e. The van der Waals surface area contributed by atoms with Gasteiger partial charge in [-0.3, -0.25) is 0 Å². The molecule has 0 fully saturated rings. The van der Waals surface area contributed by atoms with Gasteiger partial charge in [-0.25, -0.2) is 14.4 Å². The van der Waals surface area contributed by atoms with Crippen LogP contribution in [0.2, 0.25) is 0 Å². The summed E-state index contributed by atoms with van der Waals surface area (Å²) in [5.41, 5.74) is 3.92. The Kier molecular flexibility index (Phi) is 5.89. The van der Waals surface area contributed by atoms with Crippen LogP contribution in [0.15, 0.2) is 34.8 Å². The van der Waals surface area contributed by atoms with Gasteiger partial charge >= 0.3 is 0 Å². The van der Waals surface area contributed by atoms with Gasteiger partial charge in [-0.2, -0.15) is 0 Å². The van der Waals surface area contributed by atoms with E-state index in [4.69, 9.17) is 0 Å². The fourth-order valence-corrected chi connectivity index (χ4v) is 2.73. The van der Waals surface area contributed by atoms with Crippen molar-refractivity contribution in [3.63, 3.8) is 0 Å². The Morgan fingerprint density at radius 1 is 1.36 bits per heavy atom. The second-order valence-electron chi connectivity index (χ2n) is 5.01. The summed E-state index contributed by atoms with van der Waals surface area (Å²) in [6.07, 6.45) is 0. The van der Waals surface area contributed by atoms with Crippen LogP contribution < -0.4 is 5.32 Å². The molecule has 22 heavy (non-hydrogen) atoms. The quantitative estimate of drug-likeness (QED) is 0.679. The molecule has 118 valence electrons. The highest BCUT2D eigenvalue weighted by Crippen LogP contribution is 2.13. The SMILES string of the molecule is CCNC(=NCc1scnc1C)N(C)Cc1ccc(F)cc1. The second kappa shape index (κ2) is 7.89. The zero-order valence-electron chi connectivity index (χ0n) is 13.1.